The first kappa shape index (κ1) is 31.9. The molecule has 2 atom stereocenters. The lowest BCUT2D eigenvalue weighted by atomic mass is 10.1. The summed E-state index contributed by atoms with van der Waals surface area (Å²) in [6.45, 7) is 6.12. The van der Waals surface area contributed by atoms with Crippen molar-refractivity contribution in [2.45, 2.75) is 57.6 Å². The highest BCUT2D eigenvalue weighted by Gasteiger charge is 2.34. The summed E-state index contributed by atoms with van der Waals surface area (Å²) < 4.78 is 49.0. The van der Waals surface area contributed by atoms with Crippen LogP contribution in [0.25, 0.3) is 0 Å². The molecule has 8 nitrogen and oxygen atoms in total. The van der Waals surface area contributed by atoms with E-state index in [9.17, 15) is 22.4 Å². The molecule has 0 saturated heterocycles. The van der Waals surface area contributed by atoms with Gasteiger partial charge in [-0.05, 0) is 63.6 Å². The van der Waals surface area contributed by atoms with Gasteiger partial charge in [0.15, 0.2) is 0 Å². The summed E-state index contributed by atoms with van der Waals surface area (Å²) >= 11 is 6.25. The van der Waals surface area contributed by atoms with Crippen LogP contribution in [-0.2, 0) is 26.2 Å². The molecule has 1 N–H and O–H groups in total. The lowest BCUT2D eigenvalue weighted by Crippen LogP contribution is -2.52. The third-order valence-corrected chi connectivity index (χ3v) is 8.77. The highest BCUT2D eigenvalue weighted by atomic mass is 35.5. The predicted octanol–water partition coefficient (Wildman–Crippen LogP) is 5.32. The summed E-state index contributed by atoms with van der Waals surface area (Å²) in [4.78, 5) is 28.2. The van der Waals surface area contributed by atoms with Crippen LogP contribution in [0.4, 0.5) is 10.1 Å². The van der Waals surface area contributed by atoms with E-state index in [1.54, 1.807) is 18.2 Å². The average molecular weight is 604 g/mol. The Kier molecular flexibility index (Phi) is 10.8. The predicted molar refractivity (Wildman–Crippen MR) is 158 cm³/mol. The lowest BCUT2D eigenvalue weighted by Gasteiger charge is -2.33. The number of amides is 2. The Balaban J connectivity index is 2.11. The average Bonchev–Trinajstić information content (AvgIpc) is 2.95. The smallest absolute Gasteiger partial charge is 0.264 e. The van der Waals surface area contributed by atoms with Crippen LogP contribution in [0, 0.1) is 12.7 Å². The van der Waals surface area contributed by atoms with Gasteiger partial charge in [0.2, 0.25) is 11.8 Å². The topological polar surface area (TPSA) is 96.0 Å². The zero-order valence-electron chi connectivity index (χ0n) is 23.7. The van der Waals surface area contributed by atoms with Gasteiger partial charge in [-0.3, -0.25) is 13.9 Å². The van der Waals surface area contributed by atoms with Gasteiger partial charge in [-0.15, -0.1) is 0 Å². The van der Waals surface area contributed by atoms with Gasteiger partial charge in [0, 0.05) is 23.2 Å². The number of nitrogens with one attached hydrogen (secondary N) is 1. The molecule has 0 spiro atoms. The molecule has 2 amide bonds. The van der Waals surface area contributed by atoms with Gasteiger partial charge in [0.1, 0.15) is 24.2 Å². The van der Waals surface area contributed by atoms with Crippen molar-refractivity contribution in [2.24, 2.45) is 0 Å². The molecule has 0 saturated carbocycles. The van der Waals surface area contributed by atoms with Gasteiger partial charge in [-0.1, -0.05) is 54.4 Å². The molecule has 0 unspecified atom stereocenters. The van der Waals surface area contributed by atoms with Crippen molar-refractivity contribution >= 4 is 39.1 Å². The number of rotatable bonds is 12. The van der Waals surface area contributed by atoms with Gasteiger partial charge < -0.3 is 15.0 Å². The second-order valence-corrected chi connectivity index (χ2v) is 12.0. The Morgan fingerprint density at radius 3 is 2.32 bits per heavy atom. The molecule has 0 aliphatic heterocycles. The molecular weight excluding hydrogens is 569 g/mol. The van der Waals surface area contributed by atoms with Crippen LogP contribution in [0.1, 0.15) is 38.3 Å². The Bertz CT molecular complexity index is 1480. The van der Waals surface area contributed by atoms with E-state index in [2.05, 4.69) is 5.32 Å². The third-order valence-electron chi connectivity index (χ3n) is 6.76. The van der Waals surface area contributed by atoms with Gasteiger partial charge in [0.05, 0.1) is 17.7 Å². The maximum atomic E-state index is 14.7. The van der Waals surface area contributed by atoms with Crippen LogP contribution in [0.15, 0.2) is 71.6 Å². The number of ether oxygens (including phenoxy) is 1. The van der Waals surface area contributed by atoms with E-state index in [1.807, 2.05) is 20.8 Å². The zero-order valence-corrected chi connectivity index (χ0v) is 25.3. The van der Waals surface area contributed by atoms with Crippen molar-refractivity contribution in [1.29, 1.82) is 0 Å². The van der Waals surface area contributed by atoms with Gasteiger partial charge in [0.25, 0.3) is 10.0 Å². The quantitative estimate of drug-likeness (QED) is 0.302. The number of hydrogen-bond donors (Lipinski definition) is 1. The number of carbonyl (C=O) groups excluding carboxylic acids is 2. The van der Waals surface area contributed by atoms with Gasteiger partial charge in [-0.25, -0.2) is 12.8 Å². The minimum atomic E-state index is -4.33. The molecule has 3 rings (SSSR count). The summed E-state index contributed by atoms with van der Waals surface area (Å²) in [5.41, 5.74) is 1.07. The molecule has 3 aromatic rings. The maximum Gasteiger partial charge on any atom is 0.264 e. The summed E-state index contributed by atoms with van der Waals surface area (Å²) in [7, 11) is -2.95. The second-order valence-electron chi connectivity index (χ2n) is 9.75. The van der Waals surface area contributed by atoms with Gasteiger partial charge in [-0.2, -0.15) is 0 Å². The van der Waals surface area contributed by atoms with Crippen LogP contribution in [0.2, 0.25) is 5.02 Å². The van der Waals surface area contributed by atoms with Crippen molar-refractivity contribution in [3.8, 4) is 5.75 Å². The van der Waals surface area contributed by atoms with E-state index < -0.39 is 40.2 Å². The fourth-order valence-corrected chi connectivity index (χ4v) is 5.65. The molecule has 3 aromatic carbocycles. The summed E-state index contributed by atoms with van der Waals surface area (Å²) in [6, 6.07) is 15.3. The summed E-state index contributed by atoms with van der Waals surface area (Å²) in [6.07, 6.45) is 0.664. The zero-order chi connectivity index (χ0) is 30.3. The SMILES string of the molecule is CC[C@@H](C)NC(=O)[C@@H](C)N(Cc1ccccc1F)C(=O)CN(c1cc(Cl)ccc1OC)S(=O)(=O)c1ccc(C)cc1. The largest absolute Gasteiger partial charge is 0.495 e. The van der Waals surface area contributed by atoms with E-state index in [0.29, 0.717) is 6.42 Å². The van der Waals surface area contributed by atoms with E-state index in [0.717, 1.165) is 9.87 Å². The van der Waals surface area contributed by atoms with Crippen LogP contribution in [0.3, 0.4) is 0 Å². The molecule has 41 heavy (non-hydrogen) atoms. The minimum Gasteiger partial charge on any atom is -0.495 e. The second kappa shape index (κ2) is 13.8. The van der Waals surface area contributed by atoms with Crippen molar-refractivity contribution in [3.63, 3.8) is 0 Å². The Morgan fingerprint density at radius 2 is 1.71 bits per heavy atom. The van der Waals surface area contributed by atoms with Crippen molar-refractivity contribution in [1.82, 2.24) is 10.2 Å². The van der Waals surface area contributed by atoms with Gasteiger partial charge >= 0.3 is 0 Å². The number of halogens is 2. The highest BCUT2D eigenvalue weighted by molar-refractivity contribution is 7.92. The summed E-state index contributed by atoms with van der Waals surface area (Å²) in [5.74, 6) is -1.56. The number of hydrogen-bond acceptors (Lipinski definition) is 5. The Labute approximate surface area is 246 Å². The molecule has 0 aromatic heterocycles. The highest BCUT2D eigenvalue weighted by Crippen LogP contribution is 2.35. The first-order valence-corrected chi connectivity index (χ1v) is 15.0. The van der Waals surface area contributed by atoms with E-state index in [4.69, 9.17) is 16.3 Å². The maximum absolute atomic E-state index is 14.7. The Hall–Kier alpha value is -3.63. The first-order valence-electron chi connectivity index (χ1n) is 13.1. The molecule has 11 heteroatoms. The van der Waals surface area contributed by atoms with Crippen LogP contribution in [0.5, 0.6) is 5.75 Å². The number of anilines is 1. The van der Waals surface area contributed by atoms with E-state index in [-0.39, 0.29) is 39.5 Å². The van der Waals surface area contributed by atoms with Crippen molar-refractivity contribution in [3.05, 3.63) is 88.7 Å². The molecule has 0 radical (unpaired) electrons. The van der Waals surface area contributed by atoms with Crippen molar-refractivity contribution < 1.29 is 27.1 Å². The standard InChI is InChI=1S/C30H35ClFN3O5S/c1-6-21(3)33-30(37)22(4)34(18-23-9-7-8-10-26(23)32)29(36)19-35(27-17-24(31)13-16-28(27)40-5)41(38,39)25-14-11-20(2)12-15-25/h7-17,21-22H,6,18-19H2,1-5H3,(H,33,37)/t21-,22-/m1/s1. The monoisotopic (exact) mass is 603 g/mol. The third kappa shape index (κ3) is 7.77. The fourth-order valence-electron chi connectivity index (χ4n) is 4.07. The normalized spacial score (nSPS) is 12.8. The van der Waals surface area contributed by atoms with Crippen LogP contribution < -0.4 is 14.4 Å². The molecule has 0 heterocycles. The van der Waals surface area contributed by atoms with E-state index >= 15 is 0 Å². The number of carbonyl (C=O) groups is 2. The van der Waals surface area contributed by atoms with Crippen LogP contribution >= 0.6 is 11.6 Å². The minimum absolute atomic E-state index is 0.0384. The first-order chi connectivity index (χ1) is 19.4. The molecule has 0 aliphatic carbocycles. The van der Waals surface area contributed by atoms with Crippen LogP contribution in [-0.4, -0.2) is 50.9 Å². The number of methoxy groups -OCH3 is 1. The van der Waals surface area contributed by atoms with Crippen molar-refractivity contribution in [2.75, 3.05) is 18.0 Å². The molecule has 0 aliphatic rings. The number of aryl methyl sites for hydroxylation is 1. The molecule has 220 valence electrons. The lowest BCUT2D eigenvalue weighted by molar-refractivity contribution is -0.139. The number of sulfonamides is 1. The fraction of sp³-hybridized carbons (Fsp3) is 0.333. The number of nitrogens with zero attached hydrogens (tertiary/aromatic N) is 2. The molecule has 0 fully saturated rings. The number of benzene rings is 3. The van der Waals surface area contributed by atoms with E-state index in [1.165, 1.54) is 67.5 Å². The molecule has 0 bridgehead atoms. The Morgan fingerprint density at radius 1 is 1.05 bits per heavy atom. The molecular formula is C30H35ClFN3O5S. The summed E-state index contributed by atoms with van der Waals surface area (Å²) in [5, 5.41) is 3.07.